The quantitative estimate of drug-likeness (QED) is 0.352. The molecule has 0 bridgehead atoms. The van der Waals surface area contributed by atoms with Crippen LogP contribution in [0.1, 0.15) is 62.3 Å². The molecule has 0 saturated carbocycles. The zero-order chi connectivity index (χ0) is 24.4. The Labute approximate surface area is 208 Å². The number of halogens is 2. The monoisotopic (exact) mass is 481 g/mol. The Hall–Kier alpha value is -2.24. The summed E-state index contributed by atoms with van der Waals surface area (Å²) < 4.78 is 38.9. The van der Waals surface area contributed by atoms with Crippen molar-refractivity contribution in [3.63, 3.8) is 0 Å². The number of hydrogen-bond donors (Lipinski definition) is 0. The zero-order valence-electron chi connectivity index (χ0n) is 20.9. The number of nitrogens with zero attached hydrogens (tertiary/aromatic N) is 1. The van der Waals surface area contributed by atoms with Gasteiger partial charge in [0.05, 0.1) is 32.5 Å². The molecule has 0 aromatic heterocycles. The van der Waals surface area contributed by atoms with Crippen molar-refractivity contribution in [3.8, 4) is 5.75 Å². The second-order valence-electron chi connectivity index (χ2n) is 10.8. The molecule has 0 amide bonds. The van der Waals surface area contributed by atoms with Crippen molar-refractivity contribution in [2.24, 2.45) is 5.92 Å². The van der Waals surface area contributed by atoms with Gasteiger partial charge in [0.1, 0.15) is 5.75 Å². The Bertz CT molecular complexity index is 1050. The molecule has 3 aliphatic rings. The van der Waals surface area contributed by atoms with E-state index in [1.807, 2.05) is 12.1 Å². The highest BCUT2D eigenvalue weighted by molar-refractivity contribution is 5.79. The number of hydrogen-bond acceptors (Lipinski definition) is 3. The van der Waals surface area contributed by atoms with Gasteiger partial charge < -0.3 is 9.47 Å². The molecule has 2 aliphatic heterocycles. The van der Waals surface area contributed by atoms with Crippen molar-refractivity contribution >= 4 is 5.57 Å². The first-order chi connectivity index (χ1) is 17.0. The lowest BCUT2D eigenvalue weighted by Gasteiger charge is -2.47. The van der Waals surface area contributed by atoms with Crippen LogP contribution in [0.5, 0.6) is 5.75 Å². The molecule has 5 heteroatoms. The summed E-state index contributed by atoms with van der Waals surface area (Å²) in [4.78, 5) is 2.36. The molecule has 2 aromatic rings. The average Bonchev–Trinajstić information content (AvgIpc) is 3.20. The van der Waals surface area contributed by atoms with E-state index in [4.69, 9.17) is 9.47 Å². The lowest BCUT2D eigenvalue weighted by atomic mass is 9.84. The molecule has 5 rings (SSSR count). The van der Waals surface area contributed by atoms with Gasteiger partial charge in [-0.05, 0) is 78.5 Å². The predicted molar refractivity (Wildman–Crippen MR) is 136 cm³/mol. The van der Waals surface area contributed by atoms with E-state index in [-0.39, 0.29) is 32.0 Å². The Morgan fingerprint density at radius 1 is 1.11 bits per heavy atom. The first kappa shape index (κ1) is 24.5. The van der Waals surface area contributed by atoms with E-state index in [2.05, 4.69) is 55.1 Å². The Balaban J connectivity index is 1.37. The van der Waals surface area contributed by atoms with E-state index in [1.54, 1.807) is 0 Å². The zero-order valence-corrected chi connectivity index (χ0v) is 20.9. The van der Waals surface area contributed by atoms with Crippen LogP contribution in [0.15, 0.2) is 54.1 Å². The smallest absolute Gasteiger partial charge is 0.169 e. The number of ether oxygens (including phenoxy) is 2. The van der Waals surface area contributed by atoms with E-state index in [0.29, 0.717) is 25.5 Å². The molecular formula is C30H37F2NO2. The lowest BCUT2D eigenvalue weighted by molar-refractivity contribution is -0.147. The summed E-state index contributed by atoms with van der Waals surface area (Å²) in [6.45, 7) is 5.52. The van der Waals surface area contributed by atoms with E-state index < -0.39 is 5.67 Å². The highest BCUT2D eigenvalue weighted by Gasteiger charge is 2.46. The highest BCUT2D eigenvalue weighted by Crippen LogP contribution is 2.49. The molecule has 35 heavy (non-hydrogen) atoms. The van der Waals surface area contributed by atoms with Crippen LogP contribution >= 0.6 is 0 Å². The second-order valence-corrected chi connectivity index (χ2v) is 10.8. The molecule has 3 nitrogen and oxygen atoms in total. The summed E-state index contributed by atoms with van der Waals surface area (Å²) in [5.41, 5.74) is 5.50. The van der Waals surface area contributed by atoms with Crippen LogP contribution < -0.4 is 4.74 Å². The molecule has 1 fully saturated rings. The van der Waals surface area contributed by atoms with Crippen molar-refractivity contribution in [2.75, 3.05) is 33.0 Å². The van der Waals surface area contributed by atoms with Gasteiger partial charge in [-0.15, -0.1) is 0 Å². The number of fused-ring (bicyclic) bond motifs is 2. The van der Waals surface area contributed by atoms with Gasteiger partial charge in [0.2, 0.25) is 0 Å². The van der Waals surface area contributed by atoms with E-state index in [9.17, 15) is 4.39 Å². The van der Waals surface area contributed by atoms with Gasteiger partial charge in [0, 0.05) is 12.6 Å². The third-order valence-electron chi connectivity index (χ3n) is 7.84. The van der Waals surface area contributed by atoms with Crippen LogP contribution in [0, 0.1) is 5.92 Å². The van der Waals surface area contributed by atoms with E-state index in [0.717, 1.165) is 31.4 Å². The normalized spacial score (nSPS) is 24.0. The van der Waals surface area contributed by atoms with Crippen molar-refractivity contribution in [3.05, 3.63) is 70.8 Å². The Morgan fingerprint density at radius 2 is 1.89 bits per heavy atom. The third kappa shape index (κ3) is 5.17. The van der Waals surface area contributed by atoms with Gasteiger partial charge in [-0.1, -0.05) is 49.7 Å². The standard InChI is InChI=1S/C30H37F2NO2/c1-21(7-5-6-14-31)17-35-25-12-10-23(11-13-25)29-28-16-24-8-3-4-9-26(24)27(28)15-22(2)33(29)18-30(32)19-34-20-30/h3-4,8-13,21-22,29H,5-7,14-20H2,1-2H3/t21-,22+,29+/m0/s1. The molecule has 188 valence electrons. The molecule has 0 unspecified atom stereocenters. The fourth-order valence-electron chi connectivity index (χ4n) is 5.86. The van der Waals surface area contributed by atoms with Gasteiger partial charge in [-0.2, -0.15) is 0 Å². The topological polar surface area (TPSA) is 21.7 Å². The molecule has 0 radical (unpaired) electrons. The maximum atomic E-state index is 15.3. The minimum Gasteiger partial charge on any atom is -0.493 e. The van der Waals surface area contributed by atoms with Crippen molar-refractivity contribution < 1.29 is 18.3 Å². The van der Waals surface area contributed by atoms with Gasteiger partial charge in [-0.25, -0.2) is 4.39 Å². The third-order valence-corrected chi connectivity index (χ3v) is 7.84. The van der Waals surface area contributed by atoms with Crippen LogP contribution in [0.3, 0.4) is 0 Å². The maximum Gasteiger partial charge on any atom is 0.169 e. The van der Waals surface area contributed by atoms with Crippen molar-refractivity contribution in [1.82, 2.24) is 4.90 Å². The maximum absolute atomic E-state index is 15.3. The summed E-state index contributed by atoms with van der Waals surface area (Å²) in [7, 11) is 0. The Kier molecular flexibility index (Phi) is 7.26. The number of benzene rings is 2. The molecule has 2 aromatic carbocycles. The molecule has 1 aliphatic carbocycles. The molecular weight excluding hydrogens is 444 g/mol. The molecule has 1 saturated heterocycles. The largest absolute Gasteiger partial charge is 0.493 e. The van der Waals surface area contributed by atoms with Gasteiger partial charge in [0.25, 0.3) is 0 Å². The van der Waals surface area contributed by atoms with Crippen molar-refractivity contribution in [2.45, 2.75) is 63.7 Å². The molecule has 3 atom stereocenters. The van der Waals surface area contributed by atoms with Gasteiger partial charge in [0.15, 0.2) is 5.67 Å². The van der Waals surface area contributed by atoms with E-state index in [1.165, 1.54) is 27.8 Å². The molecule has 0 spiro atoms. The van der Waals surface area contributed by atoms with E-state index >= 15 is 4.39 Å². The highest BCUT2D eigenvalue weighted by atomic mass is 19.1. The van der Waals surface area contributed by atoms with Crippen LogP contribution in [-0.4, -0.2) is 49.7 Å². The fourth-order valence-corrected chi connectivity index (χ4v) is 5.86. The molecule has 2 heterocycles. The van der Waals surface area contributed by atoms with Crippen LogP contribution in [0.25, 0.3) is 5.57 Å². The predicted octanol–water partition coefficient (Wildman–Crippen LogP) is 6.73. The van der Waals surface area contributed by atoms with Crippen LogP contribution in [-0.2, 0) is 11.2 Å². The molecule has 0 N–H and O–H groups in total. The number of alkyl halides is 2. The number of rotatable bonds is 10. The van der Waals surface area contributed by atoms with Crippen molar-refractivity contribution in [1.29, 1.82) is 0 Å². The van der Waals surface area contributed by atoms with Crippen LogP contribution in [0.4, 0.5) is 8.78 Å². The summed E-state index contributed by atoms with van der Waals surface area (Å²) in [5, 5.41) is 0. The first-order valence-corrected chi connectivity index (χ1v) is 13.1. The SMILES string of the molecule is C[C@@H](CCCCF)COc1ccc([C@@H]2C3=C(C[C@@H](C)N2CC2(F)COC2)c2ccccc2C3)cc1. The summed E-state index contributed by atoms with van der Waals surface area (Å²) in [6, 6.07) is 17.3. The minimum atomic E-state index is -1.27. The van der Waals surface area contributed by atoms with Gasteiger partial charge in [-0.3, -0.25) is 9.29 Å². The first-order valence-electron chi connectivity index (χ1n) is 13.1. The minimum absolute atomic E-state index is 0.0445. The fraction of sp³-hybridized carbons (Fsp3) is 0.533. The summed E-state index contributed by atoms with van der Waals surface area (Å²) in [6.07, 6.45) is 4.37. The summed E-state index contributed by atoms with van der Waals surface area (Å²) >= 11 is 0. The lowest BCUT2D eigenvalue weighted by Crippen LogP contribution is -2.56. The Morgan fingerprint density at radius 3 is 2.60 bits per heavy atom. The summed E-state index contributed by atoms with van der Waals surface area (Å²) in [5.74, 6) is 1.24. The number of unbranched alkanes of at least 4 members (excludes halogenated alkanes) is 1. The van der Waals surface area contributed by atoms with Crippen LogP contribution in [0.2, 0.25) is 0 Å². The average molecular weight is 482 g/mol. The van der Waals surface area contributed by atoms with Gasteiger partial charge >= 0.3 is 0 Å². The second kappa shape index (κ2) is 10.4.